The van der Waals surface area contributed by atoms with Crippen molar-refractivity contribution in [2.75, 3.05) is 31.1 Å². The average molecular weight is 325 g/mol. The van der Waals surface area contributed by atoms with Crippen LogP contribution in [0.3, 0.4) is 0 Å². The largest absolute Gasteiger partial charge is 0.408 e. The first-order valence-corrected chi connectivity index (χ1v) is 7.96. The van der Waals surface area contributed by atoms with Gasteiger partial charge in [-0.05, 0) is 18.2 Å². The lowest BCUT2D eigenvalue weighted by molar-refractivity contribution is 0.0745. The van der Waals surface area contributed by atoms with Gasteiger partial charge in [-0.1, -0.05) is 25.0 Å². The Bertz CT molecular complexity index is 769. The van der Waals surface area contributed by atoms with Crippen molar-refractivity contribution >= 4 is 11.9 Å². The second-order valence-electron chi connectivity index (χ2n) is 6.05. The fourth-order valence-corrected chi connectivity index (χ4v) is 2.59. The number of aromatic nitrogens is 2. The fraction of sp³-hybridized carbons (Fsp3) is 0.412. The SMILES string of the molecule is CC(C)c1nnc(N2CCN(C(=O)c3cccc(C#N)c3)CC2)o1. The van der Waals surface area contributed by atoms with Crippen molar-refractivity contribution in [3.63, 3.8) is 0 Å². The molecule has 1 fully saturated rings. The molecule has 0 spiro atoms. The van der Waals surface area contributed by atoms with Crippen LogP contribution in [0.2, 0.25) is 0 Å². The summed E-state index contributed by atoms with van der Waals surface area (Å²) in [6.07, 6.45) is 0. The summed E-state index contributed by atoms with van der Waals surface area (Å²) in [6.45, 7) is 6.45. The number of rotatable bonds is 3. The third-order valence-electron chi connectivity index (χ3n) is 4.00. The first kappa shape index (κ1) is 16.0. The maximum Gasteiger partial charge on any atom is 0.318 e. The van der Waals surface area contributed by atoms with Crippen molar-refractivity contribution < 1.29 is 9.21 Å². The minimum Gasteiger partial charge on any atom is -0.408 e. The summed E-state index contributed by atoms with van der Waals surface area (Å²) >= 11 is 0. The molecule has 3 rings (SSSR count). The van der Waals surface area contributed by atoms with Gasteiger partial charge in [0, 0.05) is 37.7 Å². The van der Waals surface area contributed by atoms with Gasteiger partial charge in [-0.3, -0.25) is 4.79 Å². The molecule has 24 heavy (non-hydrogen) atoms. The highest BCUT2D eigenvalue weighted by Gasteiger charge is 2.25. The molecule has 0 atom stereocenters. The van der Waals surface area contributed by atoms with Gasteiger partial charge in [-0.15, -0.1) is 5.10 Å². The highest BCUT2D eigenvalue weighted by Crippen LogP contribution is 2.20. The quantitative estimate of drug-likeness (QED) is 0.858. The Kier molecular flexibility index (Phi) is 4.47. The monoisotopic (exact) mass is 325 g/mol. The Balaban J connectivity index is 1.63. The van der Waals surface area contributed by atoms with E-state index in [0.29, 0.717) is 49.2 Å². The van der Waals surface area contributed by atoms with Crippen molar-refractivity contribution in [1.82, 2.24) is 15.1 Å². The molecular weight excluding hydrogens is 306 g/mol. The van der Waals surface area contributed by atoms with E-state index in [0.717, 1.165) is 0 Å². The molecule has 0 N–H and O–H groups in total. The Labute approximate surface area is 140 Å². The summed E-state index contributed by atoms with van der Waals surface area (Å²) in [7, 11) is 0. The van der Waals surface area contributed by atoms with Crippen molar-refractivity contribution in [2.24, 2.45) is 0 Å². The standard InChI is InChI=1S/C17H19N5O2/c1-12(2)15-19-20-17(24-15)22-8-6-21(7-9-22)16(23)14-5-3-4-13(10-14)11-18/h3-5,10,12H,6-9H2,1-2H3. The minimum absolute atomic E-state index is 0.0554. The van der Waals surface area contributed by atoms with Crippen molar-refractivity contribution in [3.8, 4) is 6.07 Å². The van der Waals surface area contributed by atoms with E-state index in [4.69, 9.17) is 9.68 Å². The summed E-state index contributed by atoms with van der Waals surface area (Å²) in [4.78, 5) is 16.3. The van der Waals surface area contributed by atoms with Crippen LogP contribution in [0.5, 0.6) is 0 Å². The zero-order chi connectivity index (χ0) is 17.1. The molecule has 0 bridgehead atoms. The van der Waals surface area contributed by atoms with Crippen LogP contribution in [-0.4, -0.2) is 47.2 Å². The van der Waals surface area contributed by atoms with E-state index in [1.807, 2.05) is 18.7 Å². The number of hydrogen-bond donors (Lipinski definition) is 0. The Morgan fingerprint density at radius 2 is 2.00 bits per heavy atom. The lowest BCUT2D eigenvalue weighted by Gasteiger charge is -2.33. The number of benzene rings is 1. The van der Waals surface area contributed by atoms with Gasteiger partial charge in [-0.2, -0.15) is 5.26 Å². The van der Waals surface area contributed by atoms with Gasteiger partial charge in [0.15, 0.2) is 0 Å². The van der Waals surface area contributed by atoms with Gasteiger partial charge in [0.25, 0.3) is 5.91 Å². The molecule has 0 aliphatic carbocycles. The lowest BCUT2D eigenvalue weighted by Crippen LogP contribution is -2.49. The van der Waals surface area contributed by atoms with Crippen LogP contribution in [-0.2, 0) is 0 Å². The summed E-state index contributed by atoms with van der Waals surface area (Å²) in [5, 5.41) is 17.1. The number of nitrogens with zero attached hydrogens (tertiary/aromatic N) is 5. The molecule has 2 heterocycles. The summed E-state index contributed by atoms with van der Waals surface area (Å²) in [5.41, 5.74) is 1.04. The molecular formula is C17H19N5O2. The van der Waals surface area contributed by atoms with Crippen LogP contribution < -0.4 is 4.90 Å². The Morgan fingerprint density at radius 1 is 1.25 bits per heavy atom. The smallest absolute Gasteiger partial charge is 0.318 e. The minimum atomic E-state index is -0.0554. The van der Waals surface area contributed by atoms with E-state index >= 15 is 0 Å². The van der Waals surface area contributed by atoms with Gasteiger partial charge in [0.2, 0.25) is 5.89 Å². The Morgan fingerprint density at radius 3 is 2.62 bits per heavy atom. The van der Waals surface area contributed by atoms with Gasteiger partial charge < -0.3 is 14.2 Å². The predicted octanol–water partition coefficient (Wildman–Crippen LogP) is 2.03. The number of nitriles is 1. The van der Waals surface area contributed by atoms with Crippen LogP contribution in [0.15, 0.2) is 28.7 Å². The van der Waals surface area contributed by atoms with E-state index in [1.165, 1.54) is 0 Å². The first-order chi connectivity index (χ1) is 11.6. The normalized spacial score (nSPS) is 14.8. The average Bonchev–Trinajstić information content (AvgIpc) is 3.12. The van der Waals surface area contributed by atoms with Crippen molar-refractivity contribution in [1.29, 1.82) is 5.26 Å². The number of carbonyl (C=O) groups is 1. The van der Waals surface area contributed by atoms with Gasteiger partial charge in [0.1, 0.15) is 0 Å². The zero-order valence-electron chi connectivity index (χ0n) is 13.8. The molecule has 7 heteroatoms. The molecule has 1 aliphatic heterocycles. The Hall–Kier alpha value is -2.88. The molecule has 1 aromatic carbocycles. The molecule has 124 valence electrons. The van der Waals surface area contributed by atoms with E-state index in [2.05, 4.69) is 16.3 Å². The molecule has 1 amide bonds. The third-order valence-corrected chi connectivity index (χ3v) is 4.00. The molecule has 2 aromatic rings. The van der Waals surface area contributed by atoms with Gasteiger partial charge in [-0.25, -0.2) is 0 Å². The van der Waals surface area contributed by atoms with Crippen LogP contribution in [0.1, 0.15) is 41.6 Å². The third kappa shape index (κ3) is 3.23. The number of amides is 1. The fourth-order valence-electron chi connectivity index (χ4n) is 2.59. The summed E-state index contributed by atoms with van der Waals surface area (Å²) in [5.74, 6) is 0.763. The molecule has 1 aromatic heterocycles. The summed E-state index contributed by atoms with van der Waals surface area (Å²) < 4.78 is 5.66. The highest BCUT2D eigenvalue weighted by molar-refractivity contribution is 5.94. The van der Waals surface area contributed by atoms with Crippen LogP contribution in [0.4, 0.5) is 6.01 Å². The van der Waals surface area contributed by atoms with E-state index in [1.54, 1.807) is 29.2 Å². The molecule has 0 saturated carbocycles. The second-order valence-corrected chi connectivity index (χ2v) is 6.05. The number of hydrogen-bond acceptors (Lipinski definition) is 6. The summed E-state index contributed by atoms with van der Waals surface area (Å²) in [6, 6.07) is 9.36. The van der Waals surface area contributed by atoms with Crippen LogP contribution >= 0.6 is 0 Å². The molecule has 7 nitrogen and oxygen atoms in total. The number of anilines is 1. The highest BCUT2D eigenvalue weighted by atomic mass is 16.4. The van der Waals surface area contributed by atoms with Crippen LogP contribution in [0.25, 0.3) is 0 Å². The lowest BCUT2D eigenvalue weighted by atomic mass is 10.1. The van der Waals surface area contributed by atoms with E-state index in [9.17, 15) is 4.79 Å². The zero-order valence-corrected chi connectivity index (χ0v) is 13.8. The molecule has 1 saturated heterocycles. The molecule has 0 radical (unpaired) electrons. The maximum atomic E-state index is 12.6. The molecule has 1 aliphatic rings. The van der Waals surface area contributed by atoms with E-state index < -0.39 is 0 Å². The van der Waals surface area contributed by atoms with Gasteiger partial charge in [0.05, 0.1) is 11.6 Å². The van der Waals surface area contributed by atoms with Crippen molar-refractivity contribution in [3.05, 3.63) is 41.3 Å². The van der Waals surface area contributed by atoms with Crippen LogP contribution in [0, 0.1) is 11.3 Å². The predicted molar refractivity (Wildman–Crippen MR) is 87.7 cm³/mol. The number of carbonyl (C=O) groups excluding carboxylic acids is 1. The second kappa shape index (κ2) is 6.71. The van der Waals surface area contributed by atoms with Crippen molar-refractivity contribution in [2.45, 2.75) is 19.8 Å². The topological polar surface area (TPSA) is 86.3 Å². The van der Waals surface area contributed by atoms with E-state index in [-0.39, 0.29) is 11.8 Å². The number of piperazine rings is 1. The maximum absolute atomic E-state index is 12.6. The molecule has 0 unspecified atom stereocenters. The van der Waals surface area contributed by atoms with Gasteiger partial charge >= 0.3 is 6.01 Å². The first-order valence-electron chi connectivity index (χ1n) is 7.96.